The molecule has 5 nitrogen and oxygen atoms in total. The smallest absolute Gasteiger partial charge is 0.307 e. The van der Waals surface area contributed by atoms with Gasteiger partial charge in [0, 0.05) is 12.4 Å². The summed E-state index contributed by atoms with van der Waals surface area (Å²) >= 11 is 0. The van der Waals surface area contributed by atoms with Gasteiger partial charge in [0.15, 0.2) is 0 Å². The van der Waals surface area contributed by atoms with Crippen molar-refractivity contribution in [3.8, 4) is 0 Å². The van der Waals surface area contributed by atoms with E-state index in [1.807, 2.05) is 30.3 Å². The molecule has 1 aliphatic carbocycles. The number of carboxylic acids is 1. The number of hydrogen-bond acceptors (Lipinski definition) is 3. The molecule has 0 spiro atoms. The van der Waals surface area contributed by atoms with E-state index in [0.29, 0.717) is 18.7 Å². The van der Waals surface area contributed by atoms with Gasteiger partial charge in [-0.3, -0.25) is 9.59 Å². The van der Waals surface area contributed by atoms with Gasteiger partial charge >= 0.3 is 5.97 Å². The maximum atomic E-state index is 12.1. The van der Waals surface area contributed by atoms with E-state index in [4.69, 9.17) is 9.52 Å². The molecule has 0 unspecified atom stereocenters. The van der Waals surface area contributed by atoms with Crippen molar-refractivity contribution >= 4 is 22.8 Å². The lowest BCUT2D eigenvalue weighted by atomic mass is 10.2. The number of carboxylic acid groups (broad SMARTS) is 1. The molecule has 1 aromatic carbocycles. The Hall–Kier alpha value is -2.30. The molecule has 1 N–H and O–H groups in total. The Morgan fingerprint density at radius 2 is 2.10 bits per heavy atom. The molecule has 2 aromatic rings. The SMILES string of the molecule is CN(Cc1cc2ccccc2o1)C(=O)[C@H]1C[C@H]1C(=O)O. The molecule has 0 bridgehead atoms. The van der Waals surface area contributed by atoms with Crippen molar-refractivity contribution in [3.63, 3.8) is 0 Å². The first-order valence-corrected chi connectivity index (χ1v) is 6.51. The summed E-state index contributed by atoms with van der Waals surface area (Å²) in [7, 11) is 1.67. The number of aliphatic carboxylic acids is 1. The van der Waals surface area contributed by atoms with Gasteiger partial charge in [0.05, 0.1) is 18.4 Å². The van der Waals surface area contributed by atoms with Gasteiger partial charge in [0.25, 0.3) is 0 Å². The van der Waals surface area contributed by atoms with Gasteiger partial charge in [-0.1, -0.05) is 18.2 Å². The molecule has 5 heteroatoms. The van der Waals surface area contributed by atoms with Crippen LogP contribution in [-0.2, 0) is 16.1 Å². The van der Waals surface area contributed by atoms with Crippen LogP contribution in [0.5, 0.6) is 0 Å². The molecule has 1 saturated carbocycles. The van der Waals surface area contributed by atoms with Crippen molar-refractivity contribution < 1.29 is 19.1 Å². The quantitative estimate of drug-likeness (QED) is 0.926. The lowest BCUT2D eigenvalue weighted by Gasteiger charge is -2.15. The summed E-state index contributed by atoms with van der Waals surface area (Å²) in [4.78, 5) is 24.4. The Morgan fingerprint density at radius 1 is 1.35 bits per heavy atom. The molecule has 0 radical (unpaired) electrons. The minimum atomic E-state index is -0.888. The first-order valence-electron chi connectivity index (χ1n) is 6.51. The highest BCUT2D eigenvalue weighted by atomic mass is 16.4. The van der Waals surface area contributed by atoms with E-state index in [0.717, 1.165) is 11.0 Å². The number of rotatable bonds is 4. The van der Waals surface area contributed by atoms with Crippen LogP contribution in [0.1, 0.15) is 12.2 Å². The zero-order valence-corrected chi connectivity index (χ0v) is 11.1. The minimum absolute atomic E-state index is 0.127. The van der Waals surface area contributed by atoms with Gasteiger partial charge in [-0.05, 0) is 18.6 Å². The fourth-order valence-electron chi connectivity index (χ4n) is 2.45. The Morgan fingerprint density at radius 3 is 2.75 bits per heavy atom. The first-order chi connectivity index (χ1) is 9.56. The van der Waals surface area contributed by atoms with Crippen LogP contribution in [0.15, 0.2) is 34.7 Å². The third-order valence-corrected chi connectivity index (χ3v) is 3.67. The van der Waals surface area contributed by atoms with Crippen LogP contribution in [0.2, 0.25) is 0 Å². The van der Waals surface area contributed by atoms with E-state index in [-0.39, 0.29) is 11.8 Å². The van der Waals surface area contributed by atoms with Crippen molar-refractivity contribution in [2.24, 2.45) is 11.8 Å². The Kier molecular flexibility index (Phi) is 2.97. The van der Waals surface area contributed by atoms with Crippen molar-refractivity contribution in [2.45, 2.75) is 13.0 Å². The number of hydrogen-bond donors (Lipinski definition) is 1. The predicted octanol–water partition coefficient (Wildman–Crippen LogP) is 2.11. The molecule has 1 amide bonds. The largest absolute Gasteiger partial charge is 0.481 e. The third kappa shape index (κ3) is 2.27. The van der Waals surface area contributed by atoms with Gasteiger partial charge in [-0.25, -0.2) is 0 Å². The summed E-state index contributed by atoms with van der Waals surface area (Å²) in [6.07, 6.45) is 0.443. The van der Waals surface area contributed by atoms with Crippen LogP contribution < -0.4 is 0 Å². The zero-order chi connectivity index (χ0) is 14.3. The van der Waals surface area contributed by atoms with Crippen LogP contribution in [0.25, 0.3) is 11.0 Å². The minimum Gasteiger partial charge on any atom is -0.481 e. The molecular formula is C15H15NO4. The molecule has 104 valence electrons. The lowest BCUT2D eigenvalue weighted by molar-refractivity contribution is -0.141. The molecule has 1 aromatic heterocycles. The fraction of sp³-hybridized carbons (Fsp3) is 0.333. The molecule has 2 atom stereocenters. The van der Waals surface area contributed by atoms with Crippen LogP contribution in [0.3, 0.4) is 0 Å². The highest BCUT2D eigenvalue weighted by Gasteiger charge is 2.49. The van der Waals surface area contributed by atoms with E-state index in [2.05, 4.69) is 0 Å². The summed E-state index contributed by atoms with van der Waals surface area (Å²) in [6, 6.07) is 9.55. The Balaban J connectivity index is 1.68. The van der Waals surface area contributed by atoms with E-state index in [1.54, 1.807) is 7.05 Å². The number of para-hydroxylation sites is 1. The molecule has 1 aliphatic rings. The highest BCUT2D eigenvalue weighted by Crippen LogP contribution is 2.40. The van der Waals surface area contributed by atoms with Crippen molar-refractivity contribution in [3.05, 3.63) is 36.1 Å². The molecule has 0 aliphatic heterocycles. The molecule has 20 heavy (non-hydrogen) atoms. The second-order valence-corrected chi connectivity index (χ2v) is 5.23. The normalized spacial score (nSPS) is 20.9. The molecule has 3 rings (SSSR count). The Labute approximate surface area is 115 Å². The number of carbonyl (C=O) groups excluding carboxylic acids is 1. The number of carbonyl (C=O) groups is 2. The average molecular weight is 273 g/mol. The topological polar surface area (TPSA) is 70.8 Å². The second kappa shape index (κ2) is 4.67. The molecule has 1 heterocycles. The van der Waals surface area contributed by atoms with Gasteiger partial charge in [0.1, 0.15) is 11.3 Å². The maximum absolute atomic E-state index is 12.1. The summed E-state index contributed by atoms with van der Waals surface area (Å²) in [5.41, 5.74) is 0.790. The number of furan rings is 1. The number of fused-ring (bicyclic) bond motifs is 1. The highest BCUT2D eigenvalue weighted by molar-refractivity contribution is 5.89. The number of benzene rings is 1. The average Bonchev–Trinajstić information content (AvgIpc) is 3.12. The van der Waals surface area contributed by atoms with Crippen LogP contribution in [-0.4, -0.2) is 28.9 Å². The van der Waals surface area contributed by atoms with Gasteiger partial charge < -0.3 is 14.4 Å². The predicted molar refractivity (Wildman–Crippen MR) is 71.9 cm³/mol. The fourth-order valence-corrected chi connectivity index (χ4v) is 2.45. The summed E-state index contributed by atoms with van der Waals surface area (Å²) in [5, 5.41) is 9.85. The van der Waals surface area contributed by atoms with E-state index in [1.165, 1.54) is 4.90 Å². The van der Waals surface area contributed by atoms with Crippen molar-refractivity contribution in [1.29, 1.82) is 0 Å². The van der Waals surface area contributed by atoms with Crippen LogP contribution in [0.4, 0.5) is 0 Å². The van der Waals surface area contributed by atoms with Crippen LogP contribution in [0, 0.1) is 11.8 Å². The maximum Gasteiger partial charge on any atom is 0.307 e. The summed E-state index contributed by atoms with van der Waals surface area (Å²) in [5.74, 6) is -1.20. The van der Waals surface area contributed by atoms with E-state index in [9.17, 15) is 9.59 Å². The van der Waals surface area contributed by atoms with Gasteiger partial charge in [-0.15, -0.1) is 0 Å². The van der Waals surface area contributed by atoms with Crippen molar-refractivity contribution in [2.75, 3.05) is 7.05 Å². The molecule has 0 saturated heterocycles. The summed E-state index contributed by atoms with van der Waals surface area (Å²) < 4.78 is 5.65. The lowest BCUT2D eigenvalue weighted by Crippen LogP contribution is -2.28. The van der Waals surface area contributed by atoms with E-state index < -0.39 is 11.9 Å². The molecular weight excluding hydrogens is 258 g/mol. The number of nitrogens with zero attached hydrogens (tertiary/aromatic N) is 1. The van der Waals surface area contributed by atoms with E-state index >= 15 is 0 Å². The monoisotopic (exact) mass is 273 g/mol. The molecule has 1 fully saturated rings. The second-order valence-electron chi connectivity index (χ2n) is 5.23. The van der Waals surface area contributed by atoms with Gasteiger partial charge in [0.2, 0.25) is 5.91 Å². The van der Waals surface area contributed by atoms with Crippen molar-refractivity contribution in [1.82, 2.24) is 4.90 Å². The van der Waals surface area contributed by atoms with Gasteiger partial charge in [-0.2, -0.15) is 0 Å². The summed E-state index contributed by atoms with van der Waals surface area (Å²) in [6.45, 7) is 0.357. The van der Waals surface area contributed by atoms with Crippen LogP contribution >= 0.6 is 0 Å². The first kappa shape index (κ1) is 12.7. The zero-order valence-electron chi connectivity index (χ0n) is 11.1. The Bertz CT molecular complexity index is 642. The third-order valence-electron chi connectivity index (χ3n) is 3.67. The standard InChI is InChI=1S/C15H15NO4/c1-16(14(17)11-7-12(11)15(18)19)8-10-6-9-4-2-3-5-13(9)20-10/h2-6,11-12H,7-8H2,1H3,(H,18,19)/t11-,12+/m0/s1. The number of amides is 1.